The van der Waals surface area contributed by atoms with Crippen LogP contribution >= 0.6 is 0 Å². The maximum Gasteiger partial charge on any atom is 0.573 e. The first-order chi connectivity index (χ1) is 10.7. The van der Waals surface area contributed by atoms with Gasteiger partial charge in [-0.1, -0.05) is 23.8 Å². The highest BCUT2D eigenvalue weighted by molar-refractivity contribution is 6.14. The Morgan fingerprint density at radius 1 is 1.04 bits per heavy atom. The number of carboxylic acid groups (broad SMARTS) is 1. The highest BCUT2D eigenvalue weighted by Gasteiger charge is 2.31. The third-order valence-corrected chi connectivity index (χ3v) is 2.98. The molecule has 0 radical (unpaired) electrons. The molecule has 0 atom stereocenters. The Hall–Kier alpha value is -2.83. The number of hydrogen-bond donors (Lipinski definition) is 1. The number of ether oxygens (including phenoxy) is 1. The molecule has 0 fully saturated rings. The molecular weight excluding hydrogens is 313 g/mol. The fourth-order valence-corrected chi connectivity index (χ4v) is 2.02. The Kier molecular flexibility index (Phi) is 4.40. The van der Waals surface area contributed by atoms with Crippen molar-refractivity contribution >= 4 is 11.8 Å². The van der Waals surface area contributed by atoms with Gasteiger partial charge < -0.3 is 9.84 Å². The van der Waals surface area contributed by atoms with Crippen molar-refractivity contribution in [3.05, 3.63) is 64.7 Å². The standard InChI is InChI=1S/C16H11F3O4/c1-9-5-6-12(13(7-9)15(21)22)14(20)10-3-2-4-11(8-10)23-16(17,18)19/h2-8H,1H3,(H,21,22). The van der Waals surface area contributed by atoms with Crippen LogP contribution in [0, 0.1) is 6.92 Å². The lowest BCUT2D eigenvalue weighted by molar-refractivity contribution is -0.274. The molecule has 1 N–H and O–H groups in total. The molecule has 0 saturated heterocycles. The van der Waals surface area contributed by atoms with Crippen molar-refractivity contribution in [2.45, 2.75) is 13.3 Å². The Balaban J connectivity index is 2.42. The van der Waals surface area contributed by atoms with Crippen molar-refractivity contribution in [3.8, 4) is 5.75 Å². The van der Waals surface area contributed by atoms with Crippen LogP contribution in [0.2, 0.25) is 0 Å². The SMILES string of the molecule is Cc1ccc(C(=O)c2cccc(OC(F)(F)F)c2)c(C(=O)O)c1. The fourth-order valence-electron chi connectivity index (χ4n) is 2.02. The van der Waals surface area contributed by atoms with Crippen LogP contribution in [0.5, 0.6) is 5.75 Å². The minimum Gasteiger partial charge on any atom is -0.478 e. The number of ketones is 1. The van der Waals surface area contributed by atoms with Gasteiger partial charge in [-0.2, -0.15) is 0 Å². The first kappa shape index (κ1) is 16.5. The summed E-state index contributed by atoms with van der Waals surface area (Å²) in [4.78, 5) is 23.6. The molecule has 0 aliphatic rings. The number of alkyl halides is 3. The molecule has 23 heavy (non-hydrogen) atoms. The number of benzene rings is 2. The van der Waals surface area contributed by atoms with E-state index in [4.69, 9.17) is 5.11 Å². The smallest absolute Gasteiger partial charge is 0.478 e. The average molecular weight is 324 g/mol. The van der Waals surface area contributed by atoms with Crippen LogP contribution in [-0.2, 0) is 0 Å². The normalized spacial score (nSPS) is 11.1. The van der Waals surface area contributed by atoms with Gasteiger partial charge in [-0.05, 0) is 31.2 Å². The second kappa shape index (κ2) is 6.12. The van der Waals surface area contributed by atoms with Crippen molar-refractivity contribution in [2.75, 3.05) is 0 Å². The summed E-state index contributed by atoms with van der Waals surface area (Å²) >= 11 is 0. The number of halogens is 3. The topological polar surface area (TPSA) is 63.6 Å². The summed E-state index contributed by atoms with van der Waals surface area (Å²) in [6.45, 7) is 1.67. The summed E-state index contributed by atoms with van der Waals surface area (Å²) in [5, 5.41) is 9.17. The van der Waals surface area contributed by atoms with E-state index >= 15 is 0 Å². The van der Waals surface area contributed by atoms with Gasteiger partial charge in [-0.15, -0.1) is 13.2 Å². The molecule has 0 unspecified atom stereocenters. The molecule has 0 amide bonds. The van der Waals surface area contributed by atoms with E-state index in [0.717, 1.165) is 12.1 Å². The summed E-state index contributed by atoms with van der Waals surface area (Å²) in [5.74, 6) is -2.54. The van der Waals surface area contributed by atoms with Crippen molar-refractivity contribution in [2.24, 2.45) is 0 Å². The van der Waals surface area contributed by atoms with Crippen molar-refractivity contribution in [1.29, 1.82) is 0 Å². The zero-order valence-corrected chi connectivity index (χ0v) is 11.8. The highest BCUT2D eigenvalue weighted by atomic mass is 19.4. The largest absolute Gasteiger partial charge is 0.573 e. The zero-order valence-electron chi connectivity index (χ0n) is 11.8. The van der Waals surface area contributed by atoms with E-state index in [0.29, 0.717) is 5.56 Å². The van der Waals surface area contributed by atoms with Crippen LogP contribution in [0.4, 0.5) is 13.2 Å². The number of hydrogen-bond acceptors (Lipinski definition) is 3. The molecule has 2 aromatic carbocycles. The van der Waals surface area contributed by atoms with E-state index in [9.17, 15) is 22.8 Å². The molecule has 2 aromatic rings. The lowest BCUT2D eigenvalue weighted by atomic mass is 9.96. The summed E-state index contributed by atoms with van der Waals surface area (Å²) in [5.41, 5.74) is 0.232. The minimum atomic E-state index is -4.88. The van der Waals surface area contributed by atoms with E-state index in [-0.39, 0.29) is 16.7 Å². The molecule has 0 bridgehead atoms. The van der Waals surface area contributed by atoms with E-state index in [1.807, 2.05) is 0 Å². The van der Waals surface area contributed by atoms with Gasteiger partial charge in [0.2, 0.25) is 0 Å². The molecule has 0 aliphatic carbocycles. The molecule has 0 aliphatic heterocycles. The van der Waals surface area contributed by atoms with Crippen LogP contribution in [0.15, 0.2) is 42.5 Å². The summed E-state index contributed by atoms with van der Waals surface area (Å²) < 4.78 is 40.4. The van der Waals surface area contributed by atoms with Gasteiger partial charge >= 0.3 is 12.3 Å². The quantitative estimate of drug-likeness (QED) is 0.868. The van der Waals surface area contributed by atoms with Crippen molar-refractivity contribution < 1.29 is 32.6 Å². The minimum absolute atomic E-state index is 0.0990. The number of carbonyl (C=O) groups is 2. The van der Waals surface area contributed by atoms with E-state index in [1.54, 1.807) is 13.0 Å². The molecule has 0 spiro atoms. The zero-order chi connectivity index (χ0) is 17.2. The molecule has 0 heterocycles. The number of aryl methyl sites for hydroxylation is 1. The van der Waals surface area contributed by atoms with Gasteiger partial charge in [0.1, 0.15) is 5.75 Å². The van der Waals surface area contributed by atoms with Crippen LogP contribution in [0.3, 0.4) is 0 Å². The molecular formula is C16H11F3O4. The molecule has 0 aromatic heterocycles. The lowest BCUT2D eigenvalue weighted by Crippen LogP contribution is -2.17. The summed E-state index contributed by atoms with van der Waals surface area (Å²) in [6, 6.07) is 8.69. The van der Waals surface area contributed by atoms with E-state index in [1.165, 1.54) is 24.3 Å². The van der Waals surface area contributed by atoms with Crippen molar-refractivity contribution in [3.63, 3.8) is 0 Å². The fraction of sp³-hybridized carbons (Fsp3) is 0.125. The van der Waals surface area contributed by atoms with Crippen LogP contribution < -0.4 is 4.74 Å². The number of rotatable bonds is 4. The van der Waals surface area contributed by atoms with Crippen LogP contribution in [-0.4, -0.2) is 23.2 Å². The lowest BCUT2D eigenvalue weighted by Gasteiger charge is -2.10. The molecule has 120 valence electrons. The Labute approximate surface area is 129 Å². The third kappa shape index (κ3) is 4.09. The van der Waals surface area contributed by atoms with Gasteiger partial charge in [-0.25, -0.2) is 4.79 Å². The van der Waals surface area contributed by atoms with Gasteiger partial charge in [0.25, 0.3) is 0 Å². The van der Waals surface area contributed by atoms with Gasteiger partial charge in [0.05, 0.1) is 5.56 Å². The van der Waals surface area contributed by atoms with E-state index in [2.05, 4.69) is 4.74 Å². The van der Waals surface area contributed by atoms with Gasteiger partial charge in [0.15, 0.2) is 5.78 Å². The molecule has 7 heteroatoms. The Morgan fingerprint density at radius 2 is 1.74 bits per heavy atom. The second-order valence-electron chi connectivity index (χ2n) is 4.76. The van der Waals surface area contributed by atoms with E-state index < -0.39 is 23.9 Å². The summed E-state index contributed by atoms with van der Waals surface area (Å²) in [7, 11) is 0. The average Bonchev–Trinajstić information content (AvgIpc) is 2.45. The number of carbonyl (C=O) groups excluding carboxylic acids is 1. The second-order valence-corrected chi connectivity index (χ2v) is 4.76. The van der Waals surface area contributed by atoms with Gasteiger partial charge in [0, 0.05) is 11.1 Å². The predicted octanol–water partition coefficient (Wildman–Crippen LogP) is 3.82. The predicted molar refractivity (Wildman–Crippen MR) is 74.7 cm³/mol. The summed E-state index contributed by atoms with van der Waals surface area (Å²) in [6.07, 6.45) is -4.88. The van der Waals surface area contributed by atoms with Crippen molar-refractivity contribution in [1.82, 2.24) is 0 Å². The molecule has 4 nitrogen and oxygen atoms in total. The first-order valence-electron chi connectivity index (χ1n) is 6.42. The monoisotopic (exact) mass is 324 g/mol. The highest BCUT2D eigenvalue weighted by Crippen LogP contribution is 2.25. The number of carboxylic acids is 1. The Morgan fingerprint density at radius 3 is 2.35 bits per heavy atom. The maximum atomic E-state index is 12.4. The van der Waals surface area contributed by atoms with Gasteiger partial charge in [-0.3, -0.25) is 4.79 Å². The van der Waals surface area contributed by atoms with Crippen LogP contribution in [0.25, 0.3) is 0 Å². The first-order valence-corrected chi connectivity index (χ1v) is 6.42. The molecule has 0 saturated carbocycles. The maximum absolute atomic E-state index is 12.4. The van der Waals surface area contributed by atoms with Crippen LogP contribution in [0.1, 0.15) is 31.8 Å². The molecule has 2 rings (SSSR count). The third-order valence-electron chi connectivity index (χ3n) is 2.98. The number of aromatic carboxylic acids is 1. The Bertz CT molecular complexity index is 766.